The summed E-state index contributed by atoms with van der Waals surface area (Å²) in [5.41, 5.74) is 0.444. The molecule has 1 saturated heterocycles. The number of hydrogen-bond acceptors (Lipinski definition) is 10. The number of carbonyl (C=O) groups is 2. The summed E-state index contributed by atoms with van der Waals surface area (Å²) in [6, 6.07) is 9.92. The molecule has 0 spiro atoms. The van der Waals surface area contributed by atoms with E-state index in [9.17, 15) is 35.1 Å². The van der Waals surface area contributed by atoms with Crippen molar-refractivity contribution in [1.82, 2.24) is 0 Å². The Hall–Kier alpha value is -3.38. The number of fused-ring (bicyclic) bond motifs is 1. The van der Waals surface area contributed by atoms with E-state index in [0.29, 0.717) is 5.56 Å². The number of hydrogen-bond donors (Lipinski definition) is 6. The van der Waals surface area contributed by atoms with E-state index in [4.69, 9.17) is 19.3 Å². The van der Waals surface area contributed by atoms with Gasteiger partial charge in [0.25, 0.3) is 0 Å². The zero-order chi connectivity index (χ0) is 23.2. The monoisotopic (exact) mass is 448 g/mol. The van der Waals surface area contributed by atoms with Crippen molar-refractivity contribution in [3.05, 3.63) is 47.5 Å². The molecule has 0 amide bonds. The Labute approximate surface area is 180 Å². The van der Waals surface area contributed by atoms with Gasteiger partial charge < -0.3 is 44.8 Å². The molecule has 0 saturated carbocycles. The number of phenols is 2. The van der Waals surface area contributed by atoms with Gasteiger partial charge in [0.2, 0.25) is 12.0 Å². The molecule has 4 rings (SSSR count). The molecule has 2 aliphatic rings. The van der Waals surface area contributed by atoms with Crippen LogP contribution < -0.4 is 9.47 Å². The van der Waals surface area contributed by atoms with E-state index in [2.05, 4.69) is 0 Å². The van der Waals surface area contributed by atoms with Gasteiger partial charge in [0.1, 0.15) is 35.7 Å². The Morgan fingerprint density at radius 2 is 1.69 bits per heavy atom. The molecule has 2 aromatic carbocycles. The number of aliphatic carboxylic acids is 1. The summed E-state index contributed by atoms with van der Waals surface area (Å²) in [5.74, 6) is -4.41. The van der Waals surface area contributed by atoms with E-state index in [0.717, 1.165) is 6.07 Å². The Morgan fingerprint density at radius 3 is 2.34 bits per heavy atom. The third kappa shape index (κ3) is 3.71. The number of carbonyl (C=O) groups excluding carboxylic acids is 1. The van der Waals surface area contributed by atoms with Crippen LogP contribution in [0.5, 0.6) is 23.0 Å². The molecule has 0 aliphatic carbocycles. The van der Waals surface area contributed by atoms with Crippen LogP contribution in [0.2, 0.25) is 0 Å². The molecule has 0 bridgehead atoms. The van der Waals surface area contributed by atoms with Crippen molar-refractivity contribution in [2.45, 2.75) is 43.2 Å². The number of benzene rings is 2. The van der Waals surface area contributed by atoms with E-state index in [1.807, 2.05) is 0 Å². The number of aromatic hydroxyl groups is 2. The van der Waals surface area contributed by atoms with E-state index >= 15 is 0 Å². The van der Waals surface area contributed by atoms with Gasteiger partial charge in [0.15, 0.2) is 23.4 Å². The van der Waals surface area contributed by atoms with Gasteiger partial charge in [-0.25, -0.2) is 4.79 Å². The number of Topliss-reactive ketones (excluding diaryl/α,β-unsaturated/α-hetero) is 1. The minimum Gasteiger partial charge on any atom is -0.504 e. The highest BCUT2D eigenvalue weighted by atomic mass is 16.7. The van der Waals surface area contributed by atoms with Crippen LogP contribution in [0.15, 0.2) is 36.4 Å². The molecule has 2 heterocycles. The fourth-order valence-electron chi connectivity index (χ4n) is 3.66. The van der Waals surface area contributed by atoms with Crippen molar-refractivity contribution in [2.24, 2.45) is 0 Å². The van der Waals surface area contributed by atoms with E-state index in [-0.39, 0.29) is 17.7 Å². The van der Waals surface area contributed by atoms with Crippen molar-refractivity contribution in [3.63, 3.8) is 0 Å². The maximum Gasteiger partial charge on any atom is 0.335 e. The van der Waals surface area contributed by atoms with Crippen molar-refractivity contribution in [1.29, 1.82) is 0 Å². The Morgan fingerprint density at radius 1 is 1.00 bits per heavy atom. The lowest BCUT2D eigenvalue weighted by molar-refractivity contribution is -0.271. The van der Waals surface area contributed by atoms with Crippen LogP contribution in [0.1, 0.15) is 28.4 Å². The maximum atomic E-state index is 12.6. The molecular formula is C21H20O11. The van der Waals surface area contributed by atoms with Gasteiger partial charge in [-0.3, -0.25) is 4.79 Å². The van der Waals surface area contributed by atoms with Crippen LogP contribution in [-0.4, -0.2) is 73.1 Å². The first-order chi connectivity index (χ1) is 15.2. The Balaban J connectivity index is 1.66. The molecule has 2 aliphatic heterocycles. The van der Waals surface area contributed by atoms with Gasteiger partial charge in [0.05, 0.1) is 6.42 Å². The minimum atomic E-state index is -1.93. The van der Waals surface area contributed by atoms with Crippen LogP contribution in [0.4, 0.5) is 0 Å². The van der Waals surface area contributed by atoms with Crippen LogP contribution in [0, 0.1) is 0 Å². The summed E-state index contributed by atoms with van der Waals surface area (Å²) in [6.07, 6.45) is -10.3. The smallest absolute Gasteiger partial charge is 0.335 e. The average Bonchev–Trinajstić information content (AvgIpc) is 2.77. The molecule has 6 N–H and O–H groups in total. The second-order valence-electron chi connectivity index (χ2n) is 7.44. The predicted octanol–water partition coefficient (Wildman–Crippen LogP) is 0.0753. The zero-order valence-corrected chi connectivity index (χ0v) is 16.4. The van der Waals surface area contributed by atoms with E-state index in [1.54, 1.807) is 30.3 Å². The van der Waals surface area contributed by atoms with Crippen molar-refractivity contribution >= 4 is 11.8 Å². The predicted molar refractivity (Wildman–Crippen MR) is 103 cm³/mol. The molecule has 6 unspecified atom stereocenters. The number of aliphatic hydroxyl groups excluding tert-OH is 3. The van der Waals surface area contributed by atoms with Gasteiger partial charge in [-0.15, -0.1) is 0 Å². The van der Waals surface area contributed by atoms with Crippen molar-refractivity contribution < 1.29 is 54.4 Å². The second-order valence-corrected chi connectivity index (χ2v) is 7.44. The fraction of sp³-hybridized carbons (Fsp3) is 0.333. The first-order valence-electron chi connectivity index (χ1n) is 9.62. The molecule has 1 fully saturated rings. The first kappa shape index (κ1) is 21.8. The van der Waals surface area contributed by atoms with Gasteiger partial charge in [-0.1, -0.05) is 30.3 Å². The lowest BCUT2D eigenvalue weighted by atomic mass is 9.95. The molecule has 11 heteroatoms. The number of ketones is 1. The van der Waals surface area contributed by atoms with Crippen LogP contribution in [-0.2, 0) is 9.53 Å². The third-order valence-corrected chi connectivity index (χ3v) is 5.35. The Kier molecular flexibility index (Phi) is 5.65. The van der Waals surface area contributed by atoms with Gasteiger partial charge in [-0.05, 0) is 5.56 Å². The average molecular weight is 448 g/mol. The summed E-state index contributed by atoms with van der Waals surface area (Å²) in [5, 5.41) is 59.6. The van der Waals surface area contributed by atoms with Crippen LogP contribution in [0.25, 0.3) is 0 Å². The lowest BCUT2D eigenvalue weighted by Gasteiger charge is -2.38. The Bertz CT molecular complexity index is 1040. The topological polar surface area (TPSA) is 183 Å². The summed E-state index contributed by atoms with van der Waals surface area (Å²) in [4.78, 5) is 23.9. The molecular weight excluding hydrogens is 428 g/mol. The van der Waals surface area contributed by atoms with Gasteiger partial charge >= 0.3 is 5.97 Å². The first-order valence-corrected chi connectivity index (χ1v) is 9.62. The normalized spacial score (nSPS) is 29.7. The molecule has 170 valence electrons. The third-order valence-electron chi connectivity index (χ3n) is 5.35. The molecule has 32 heavy (non-hydrogen) atoms. The molecule has 2 aromatic rings. The largest absolute Gasteiger partial charge is 0.504 e. The van der Waals surface area contributed by atoms with Gasteiger partial charge in [-0.2, -0.15) is 0 Å². The summed E-state index contributed by atoms with van der Waals surface area (Å²) in [6.45, 7) is 0. The second kappa shape index (κ2) is 8.28. The highest BCUT2D eigenvalue weighted by Crippen LogP contribution is 2.48. The lowest BCUT2D eigenvalue weighted by Crippen LogP contribution is -2.61. The maximum absolute atomic E-state index is 12.6. The van der Waals surface area contributed by atoms with Gasteiger partial charge in [0, 0.05) is 6.07 Å². The van der Waals surface area contributed by atoms with Crippen molar-refractivity contribution in [2.75, 3.05) is 0 Å². The minimum absolute atomic E-state index is 0.0843. The number of phenolic OH excluding ortho intramolecular Hbond substituents is 2. The number of carboxylic acid groups (broad SMARTS) is 1. The fourth-order valence-corrected chi connectivity index (χ4v) is 3.66. The molecule has 11 nitrogen and oxygen atoms in total. The molecule has 0 radical (unpaired) electrons. The number of ether oxygens (including phenoxy) is 3. The number of rotatable bonds is 4. The van der Waals surface area contributed by atoms with E-state index in [1.165, 1.54) is 0 Å². The summed E-state index contributed by atoms with van der Waals surface area (Å²) < 4.78 is 16.1. The highest BCUT2D eigenvalue weighted by Gasteiger charge is 2.48. The molecule has 0 aromatic heterocycles. The molecule has 6 atom stereocenters. The summed E-state index contributed by atoms with van der Waals surface area (Å²) >= 11 is 0. The standard InChI is InChI=1S/C21H20O11/c22-9-6-10(8-4-2-1-3-5-8)30-11-7-12(14(23)15(24)13(9)11)31-21-18(27)16(25)17(26)19(32-21)20(28)29/h1-5,7,10,16-19,21,23-27H,6H2,(H,28,29). The highest BCUT2D eigenvalue weighted by molar-refractivity contribution is 6.03. The number of carboxylic acids is 1. The van der Waals surface area contributed by atoms with E-state index < -0.39 is 65.8 Å². The van der Waals surface area contributed by atoms with Crippen molar-refractivity contribution in [3.8, 4) is 23.0 Å². The number of aliphatic hydroxyl groups is 3. The zero-order valence-electron chi connectivity index (χ0n) is 16.4. The quantitative estimate of drug-likeness (QED) is 0.348. The van der Waals surface area contributed by atoms with Crippen LogP contribution in [0.3, 0.4) is 0 Å². The van der Waals surface area contributed by atoms with Crippen LogP contribution >= 0.6 is 0 Å². The summed E-state index contributed by atoms with van der Waals surface area (Å²) in [7, 11) is 0. The SMILES string of the molecule is O=C1CC(c2ccccc2)Oc2cc(OC3OC(C(=O)O)C(O)C(O)C3O)c(O)c(O)c21.